The Labute approximate surface area is 210 Å². The van der Waals surface area contributed by atoms with Gasteiger partial charge in [-0.3, -0.25) is 21.8 Å². The van der Waals surface area contributed by atoms with E-state index >= 15 is 0 Å². The molecule has 190 valence electrons. The maximum atomic E-state index is 7.87. The first-order chi connectivity index (χ1) is 16.6. The number of hydrogen-bond donors (Lipinski definition) is 8. The van der Waals surface area contributed by atoms with Crippen molar-refractivity contribution in [2.45, 2.75) is 58.2 Å². The van der Waals surface area contributed by atoms with Crippen molar-refractivity contribution in [2.24, 2.45) is 16.7 Å². The molecule has 0 amide bonds. The van der Waals surface area contributed by atoms with Gasteiger partial charge >= 0.3 is 0 Å². The number of nitrogens with one attached hydrogen (secondary N) is 6. The lowest BCUT2D eigenvalue weighted by Gasteiger charge is -2.24. The van der Waals surface area contributed by atoms with E-state index in [4.69, 9.17) is 27.1 Å². The fourth-order valence-corrected chi connectivity index (χ4v) is 5.01. The highest BCUT2D eigenvalue weighted by Crippen LogP contribution is 2.43. The van der Waals surface area contributed by atoms with Gasteiger partial charge in [0.05, 0.1) is 12.8 Å². The van der Waals surface area contributed by atoms with E-state index in [0.29, 0.717) is 13.2 Å². The van der Waals surface area contributed by atoms with Crippen molar-refractivity contribution in [1.82, 2.24) is 21.4 Å². The Morgan fingerprint density at radius 3 is 2.71 bits per heavy atom. The van der Waals surface area contributed by atoms with Crippen LogP contribution in [-0.4, -0.2) is 37.2 Å². The standard InChI is InChI=1S/C24H37N9OS/c1-14(2)30-22(31-23(26)32-33-28)20-10-16-7-8-34-19-9-15(5-6-18(19)21(16)35-20)17(11-25)12-29-13-24(3,4)27/h5-6,9-12,14,22-23,25,29-31H,7-8,13,26-27H2,1-4H3,(H2,28,32)/b17-12+,25-11?. The molecule has 0 fully saturated rings. The highest BCUT2D eigenvalue weighted by atomic mass is 32.1. The zero-order valence-corrected chi connectivity index (χ0v) is 21.6. The fourth-order valence-electron chi connectivity index (χ4n) is 3.75. The molecular formula is C24H37N9OS. The second-order valence-corrected chi connectivity index (χ2v) is 10.6. The van der Waals surface area contributed by atoms with Gasteiger partial charge in [-0.15, -0.1) is 11.3 Å². The Bertz CT molecular complexity index is 1060. The van der Waals surface area contributed by atoms with Crippen LogP contribution >= 0.6 is 11.3 Å². The second-order valence-electron chi connectivity index (χ2n) is 9.57. The molecule has 35 heavy (non-hydrogen) atoms. The number of rotatable bonds is 12. The SMILES string of the molecule is CC(C)NC(NC(N)NN=N)c1cc2c(s1)-c1ccc(/C(C=N)=C/NCC(C)(C)N)cc1OCC2. The topological polar surface area (TPSA) is 169 Å². The number of nitrogens with two attached hydrogens (primary N) is 2. The third-order valence-corrected chi connectivity index (χ3v) is 6.60. The van der Waals surface area contributed by atoms with E-state index < -0.39 is 6.29 Å². The maximum absolute atomic E-state index is 7.87. The molecule has 1 aliphatic rings. The van der Waals surface area contributed by atoms with Gasteiger partial charge in [-0.1, -0.05) is 11.3 Å². The van der Waals surface area contributed by atoms with Crippen LogP contribution in [-0.2, 0) is 6.42 Å². The highest BCUT2D eigenvalue weighted by Gasteiger charge is 2.24. The Morgan fingerprint density at radius 1 is 1.29 bits per heavy atom. The highest BCUT2D eigenvalue weighted by molar-refractivity contribution is 7.15. The van der Waals surface area contributed by atoms with Crippen molar-refractivity contribution in [1.29, 1.82) is 10.9 Å². The van der Waals surface area contributed by atoms with Crippen LogP contribution < -0.4 is 37.6 Å². The van der Waals surface area contributed by atoms with Crippen LogP contribution in [0.4, 0.5) is 0 Å². The molecule has 1 aliphatic heterocycles. The monoisotopic (exact) mass is 499 g/mol. The van der Waals surface area contributed by atoms with Crippen molar-refractivity contribution in [3.63, 3.8) is 0 Å². The van der Waals surface area contributed by atoms with Crippen molar-refractivity contribution < 1.29 is 4.74 Å². The van der Waals surface area contributed by atoms with Crippen LogP contribution in [0.5, 0.6) is 5.75 Å². The zero-order valence-electron chi connectivity index (χ0n) is 20.7. The molecule has 0 saturated carbocycles. The largest absolute Gasteiger partial charge is 0.493 e. The Balaban J connectivity index is 1.91. The van der Waals surface area contributed by atoms with E-state index in [1.54, 1.807) is 11.3 Å². The van der Waals surface area contributed by atoms with Crippen molar-refractivity contribution in [3.05, 3.63) is 46.5 Å². The van der Waals surface area contributed by atoms with Crippen molar-refractivity contribution in [2.75, 3.05) is 13.2 Å². The van der Waals surface area contributed by atoms with Gasteiger partial charge in [0.25, 0.3) is 0 Å². The van der Waals surface area contributed by atoms with Gasteiger partial charge in [0.1, 0.15) is 12.0 Å². The van der Waals surface area contributed by atoms with E-state index in [2.05, 4.69) is 52.6 Å². The lowest BCUT2D eigenvalue weighted by molar-refractivity contribution is 0.323. The van der Waals surface area contributed by atoms with Crippen LogP contribution in [0.2, 0.25) is 0 Å². The molecule has 1 aromatic carbocycles. The number of fused-ring (bicyclic) bond motifs is 3. The molecule has 2 heterocycles. The van der Waals surface area contributed by atoms with Crippen LogP contribution in [0.15, 0.2) is 35.7 Å². The van der Waals surface area contributed by atoms with Crippen LogP contribution in [0.25, 0.3) is 16.0 Å². The molecule has 2 aromatic rings. The summed E-state index contributed by atoms with van der Waals surface area (Å²) in [6.45, 7) is 9.21. The number of benzene rings is 1. The summed E-state index contributed by atoms with van der Waals surface area (Å²) in [6, 6.07) is 8.47. The number of thiophene rings is 1. The molecule has 10 N–H and O–H groups in total. The van der Waals surface area contributed by atoms with Crippen molar-refractivity contribution >= 4 is 23.1 Å². The Hall–Kier alpha value is -2.83. The van der Waals surface area contributed by atoms with Crippen LogP contribution in [0.1, 0.15) is 49.9 Å². The van der Waals surface area contributed by atoms with E-state index in [1.165, 1.54) is 11.8 Å². The molecule has 1 aromatic heterocycles. The first-order valence-electron chi connectivity index (χ1n) is 11.6. The number of ether oxygens (including phenoxy) is 1. The summed E-state index contributed by atoms with van der Waals surface area (Å²) in [5.41, 5.74) is 25.1. The van der Waals surface area contributed by atoms with E-state index in [1.807, 2.05) is 32.2 Å². The van der Waals surface area contributed by atoms with Gasteiger partial charge in [0.2, 0.25) is 0 Å². The van der Waals surface area contributed by atoms with Gasteiger partial charge in [-0.25, -0.2) is 0 Å². The molecule has 0 bridgehead atoms. The molecule has 2 atom stereocenters. The molecule has 10 nitrogen and oxygen atoms in total. The molecule has 0 spiro atoms. The number of allylic oxidation sites excluding steroid dienone is 1. The molecule has 2 unspecified atom stereocenters. The minimum atomic E-state index is -0.659. The first kappa shape index (κ1) is 26.8. The first-order valence-corrected chi connectivity index (χ1v) is 12.5. The lowest BCUT2D eigenvalue weighted by Crippen LogP contribution is -2.52. The summed E-state index contributed by atoms with van der Waals surface area (Å²) in [6.07, 6.45) is 3.08. The molecule has 11 heteroatoms. The second kappa shape index (κ2) is 11.7. The average Bonchev–Trinajstić information content (AvgIpc) is 3.12. The van der Waals surface area contributed by atoms with Gasteiger partial charge in [0.15, 0.2) is 0 Å². The fraction of sp³-hybridized carbons (Fsp3) is 0.458. The third-order valence-electron chi connectivity index (χ3n) is 5.32. The van der Waals surface area contributed by atoms with Gasteiger partial charge in [-0.05, 0) is 57.0 Å². The predicted octanol–water partition coefficient (Wildman–Crippen LogP) is 3.03. The molecule has 0 aliphatic carbocycles. The molecule has 0 radical (unpaired) electrons. The Kier molecular flexibility index (Phi) is 8.98. The van der Waals surface area contributed by atoms with E-state index in [0.717, 1.165) is 38.6 Å². The normalized spacial score (nSPS) is 15.3. The third kappa shape index (κ3) is 7.33. The average molecular weight is 500 g/mol. The summed E-state index contributed by atoms with van der Waals surface area (Å²) in [4.78, 5) is 2.25. The quantitative estimate of drug-likeness (QED) is 0.0960. The smallest absolute Gasteiger partial charge is 0.148 e. The molecule has 3 rings (SSSR count). The van der Waals surface area contributed by atoms with E-state index in [-0.39, 0.29) is 17.7 Å². The molecular weight excluding hydrogens is 462 g/mol. The lowest BCUT2D eigenvalue weighted by atomic mass is 10.0. The van der Waals surface area contributed by atoms with Crippen LogP contribution in [0, 0.1) is 10.9 Å². The summed E-state index contributed by atoms with van der Waals surface area (Å²) in [5, 5.41) is 21.0. The van der Waals surface area contributed by atoms with Gasteiger partial charge < -0.3 is 21.2 Å². The summed E-state index contributed by atoms with van der Waals surface area (Å²) >= 11 is 1.69. The summed E-state index contributed by atoms with van der Waals surface area (Å²) in [5.74, 6) is 0.800. The summed E-state index contributed by atoms with van der Waals surface area (Å²) < 4.78 is 6.11. The minimum Gasteiger partial charge on any atom is -0.493 e. The Morgan fingerprint density at radius 2 is 2.06 bits per heavy atom. The number of hydrogen-bond acceptors (Lipinski definition) is 10. The number of nitrogens with zero attached hydrogens (tertiary/aromatic N) is 1. The zero-order chi connectivity index (χ0) is 25.6. The van der Waals surface area contributed by atoms with Gasteiger partial charge in [0, 0.05) is 57.9 Å². The predicted molar refractivity (Wildman–Crippen MR) is 142 cm³/mol. The van der Waals surface area contributed by atoms with Crippen LogP contribution in [0.3, 0.4) is 0 Å². The van der Waals surface area contributed by atoms with E-state index in [9.17, 15) is 0 Å². The maximum Gasteiger partial charge on any atom is 0.148 e. The minimum absolute atomic E-state index is 0.204. The molecule has 0 saturated heterocycles. The summed E-state index contributed by atoms with van der Waals surface area (Å²) in [7, 11) is 0. The van der Waals surface area contributed by atoms with Gasteiger partial charge in [-0.2, -0.15) is 5.53 Å². The van der Waals surface area contributed by atoms with Crippen molar-refractivity contribution in [3.8, 4) is 16.2 Å².